The number of aliphatic hydroxyl groups is 1. The maximum Gasteiger partial charge on any atom is 0.131 e. The van der Waals surface area contributed by atoms with Crippen LogP contribution in [-0.4, -0.2) is 16.7 Å². The monoisotopic (exact) mass is 195 g/mol. The van der Waals surface area contributed by atoms with Gasteiger partial charge in [0.05, 0.1) is 5.02 Å². The molecule has 1 heterocycles. The maximum absolute atomic E-state index is 8.51. The van der Waals surface area contributed by atoms with Crippen molar-refractivity contribution in [2.45, 2.75) is 12.8 Å². The van der Waals surface area contributed by atoms with Crippen LogP contribution in [0, 0.1) is 11.8 Å². The lowest BCUT2D eigenvalue weighted by Crippen LogP contribution is -1.83. The molecule has 0 fully saturated rings. The Balaban J connectivity index is 2.61. The Kier molecular flexibility index (Phi) is 4.31. The minimum Gasteiger partial charge on any atom is -0.396 e. The van der Waals surface area contributed by atoms with Gasteiger partial charge in [-0.2, -0.15) is 0 Å². The van der Waals surface area contributed by atoms with E-state index in [4.69, 9.17) is 16.7 Å². The Morgan fingerprint density at radius 1 is 1.54 bits per heavy atom. The molecule has 68 valence electrons. The molecule has 1 N–H and O–H groups in total. The highest BCUT2D eigenvalue weighted by molar-refractivity contribution is 6.31. The number of hydrogen-bond donors (Lipinski definition) is 1. The molecule has 1 rings (SSSR count). The summed E-state index contributed by atoms with van der Waals surface area (Å²) in [7, 11) is 0. The van der Waals surface area contributed by atoms with Crippen molar-refractivity contribution in [1.29, 1.82) is 0 Å². The molecule has 0 amide bonds. The van der Waals surface area contributed by atoms with E-state index in [-0.39, 0.29) is 6.61 Å². The number of unbranched alkanes of at least 4 members (excludes halogenated alkanes) is 1. The van der Waals surface area contributed by atoms with Gasteiger partial charge in [0.25, 0.3) is 0 Å². The van der Waals surface area contributed by atoms with Crippen LogP contribution in [0.5, 0.6) is 0 Å². The Labute approximate surface area is 82.6 Å². The van der Waals surface area contributed by atoms with Crippen molar-refractivity contribution >= 4 is 11.6 Å². The summed E-state index contributed by atoms with van der Waals surface area (Å²) in [6.07, 6.45) is 3.02. The highest BCUT2D eigenvalue weighted by Gasteiger charge is 1.93. The van der Waals surface area contributed by atoms with Crippen LogP contribution < -0.4 is 0 Å². The number of rotatable bonds is 2. The van der Waals surface area contributed by atoms with Gasteiger partial charge in [0, 0.05) is 19.2 Å². The van der Waals surface area contributed by atoms with Crippen molar-refractivity contribution in [3.63, 3.8) is 0 Å². The lowest BCUT2D eigenvalue weighted by atomic mass is 10.3. The minimum absolute atomic E-state index is 0.171. The molecule has 0 aliphatic rings. The molecule has 3 heteroatoms. The van der Waals surface area contributed by atoms with Crippen molar-refractivity contribution in [2.24, 2.45) is 0 Å². The molecule has 2 nitrogen and oxygen atoms in total. The van der Waals surface area contributed by atoms with Crippen LogP contribution in [0.2, 0.25) is 5.02 Å². The quantitative estimate of drug-likeness (QED) is 0.577. The molecule has 0 aromatic carbocycles. The summed E-state index contributed by atoms with van der Waals surface area (Å²) in [6.45, 7) is 0.171. The van der Waals surface area contributed by atoms with Crippen molar-refractivity contribution < 1.29 is 5.11 Å². The summed E-state index contributed by atoms with van der Waals surface area (Å²) >= 11 is 5.82. The Hall–Kier alpha value is -1.04. The second kappa shape index (κ2) is 5.58. The summed E-state index contributed by atoms with van der Waals surface area (Å²) < 4.78 is 0. The molecule has 0 saturated carbocycles. The van der Waals surface area contributed by atoms with Gasteiger partial charge >= 0.3 is 0 Å². The van der Waals surface area contributed by atoms with Crippen molar-refractivity contribution in [1.82, 2.24) is 4.98 Å². The van der Waals surface area contributed by atoms with Crippen LogP contribution in [0.15, 0.2) is 18.3 Å². The molecule has 0 spiro atoms. The summed E-state index contributed by atoms with van der Waals surface area (Å²) in [5.41, 5.74) is 0.599. The standard InChI is InChI=1S/C10H10ClNO/c11-9-5-4-7-12-10(9)6-2-1-3-8-13/h4-5,7,13H,1,3,8H2. The van der Waals surface area contributed by atoms with Gasteiger partial charge in [0.15, 0.2) is 0 Å². The molecule has 0 atom stereocenters. The zero-order valence-corrected chi connectivity index (χ0v) is 7.88. The fraction of sp³-hybridized carbons (Fsp3) is 0.300. The van der Waals surface area contributed by atoms with Crippen molar-refractivity contribution in [3.05, 3.63) is 29.0 Å². The smallest absolute Gasteiger partial charge is 0.131 e. The molecule has 0 unspecified atom stereocenters. The summed E-state index contributed by atoms with van der Waals surface area (Å²) in [6, 6.07) is 3.52. The molecular formula is C10H10ClNO. The highest BCUT2D eigenvalue weighted by atomic mass is 35.5. The first kappa shape index (κ1) is 10.0. The van der Waals surface area contributed by atoms with Gasteiger partial charge in [-0.1, -0.05) is 17.5 Å². The van der Waals surface area contributed by atoms with Gasteiger partial charge in [-0.15, -0.1) is 0 Å². The SMILES string of the molecule is OCCCC#Cc1ncccc1Cl. The topological polar surface area (TPSA) is 33.1 Å². The van der Waals surface area contributed by atoms with E-state index in [1.165, 1.54) is 0 Å². The van der Waals surface area contributed by atoms with Gasteiger partial charge in [0.2, 0.25) is 0 Å². The molecular weight excluding hydrogens is 186 g/mol. The van der Waals surface area contributed by atoms with E-state index < -0.39 is 0 Å². The Morgan fingerprint density at radius 3 is 3.08 bits per heavy atom. The molecule has 1 aromatic heterocycles. The van der Waals surface area contributed by atoms with Gasteiger partial charge in [-0.3, -0.25) is 0 Å². The fourth-order valence-corrected chi connectivity index (χ4v) is 0.960. The first-order valence-electron chi connectivity index (χ1n) is 4.05. The number of pyridine rings is 1. The lowest BCUT2D eigenvalue weighted by Gasteiger charge is -1.91. The minimum atomic E-state index is 0.171. The molecule has 0 aliphatic heterocycles. The Morgan fingerprint density at radius 2 is 2.38 bits per heavy atom. The van der Waals surface area contributed by atoms with Gasteiger partial charge in [-0.25, -0.2) is 4.98 Å². The van der Waals surface area contributed by atoms with Gasteiger partial charge in [-0.05, 0) is 24.5 Å². The van der Waals surface area contributed by atoms with Gasteiger partial charge < -0.3 is 5.11 Å². The molecule has 13 heavy (non-hydrogen) atoms. The summed E-state index contributed by atoms with van der Waals surface area (Å²) in [5.74, 6) is 5.73. The summed E-state index contributed by atoms with van der Waals surface area (Å²) in [4.78, 5) is 4.01. The predicted octanol–water partition coefficient (Wildman–Crippen LogP) is 1.86. The normalized spacial score (nSPS) is 9.08. The van der Waals surface area contributed by atoms with Crippen molar-refractivity contribution in [2.75, 3.05) is 6.61 Å². The number of nitrogens with zero attached hydrogens (tertiary/aromatic N) is 1. The first-order valence-corrected chi connectivity index (χ1v) is 4.42. The second-order valence-electron chi connectivity index (χ2n) is 2.46. The zero-order chi connectivity index (χ0) is 9.52. The largest absolute Gasteiger partial charge is 0.396 e. The van der Waals surface area contributed by atoms with E-state index in [9.17, 15) is 0 Å². The third-order valence-corrected chi connectivity index (χ3v) is 1.73. The molecule has 0 bridgehead atoms. The van der Waals surface area contributed by atoms with E-state index in [0.717, 1.165) is 0 Å². The molecule has 0 aliphatic carbocycles. The lowest BCUT2D eigenvalue weighted by molar-refractivity contribution is 0.290. The summed E-state index contributed by atoms with van der Waals surface area (Å²) in [5, 5.41) is 9.08. The third-order valence-electron chi connectivity index (χ3n) is 1.43. The first-order chi connectivity index (χ1) is 6.34. The zero-order valence-electron chi connectivity index (χ0n) is 7.13. The van der Waals surface area contributed by atoms with Crippen LogP contribution in [0.4, 0.5) is 0 Å². The Bertz CT molecular complexity index is 327. The molecule has 0 saturated heterocycles. The van der Waals surface area contributed by atoms with Crippen LogP contribution in [0.1, 0.15) is 18.5 Å². The van der Waals surface area contributed by atoms with Crippen LogP contribution >= 0.6 is 11.6 Å². The van der Waals surface area contributed by atoms with E-state index >= 15 is 0 Å². The number of aliphatic hydroxyl groups excluding tert-OH is 1. The van der Waals surface area contributed by atoms with Crippen LogP contribution in [0.25, 0.3) is 0 Å². The third kappa shape index (κ3) is 3.45. The van der Waals surface area contributed by atoms with E-state index in [0.29, 0.717) is 23.6 Å². The number of halogens is 1. The highest BCUT2D eigenvalue weighted by Crippen LogP contribution is 2.10. The number of aromatic nitrogens is 1. The predicted molar refractivity (Wildman–Crippen MR) is 52.4 cm³/mol. The van der Waals surface area contributed by atoms with E-state index in [1.54, 1.807) is 18.3 Å². The second-order valence-corrected chi connectivity index (χ2v) is 2.87. The van der Waals surface area contributed by atoms with Crippen LogP contribution in [0.3, 0.4) is 0 Å². The van der Waals surface area contributed by atoms with E-state index in [1.807, 2.05) is 0 Å². The fourth-order valence-electron chi connectivity index (χ4n) is 0.791. The number of hydrogen-bond acceptors (Lipinski definition) is 2. The molecule has 1 aromatic rings. The average Bonchev–Trinajstić information content (AvgIpc) is 2.15. The van der Waals surface area contributed by atoms with Crippen LogP contribution in [-0.2, 0) is 0 Å². The van der Waals surface area contributed by atoms with Gasteiger partial charge in [0.1, 0.15) is 5.69 Å². The maximum atomic E-state index is 8.51. The van der Waals surface area contributed by atoms with Crippen molar-refractivity contribution in [3.8, 4) is 11.8 Å². The van der Waals surface area contributed by atoms with E-state index in [2.05, 4.69) is 16.8 Å². The molecule has 0 radical (unpaired) electrons. The average molecular weight is 196 g/mol.